The summed E-state index contributed by atoms with van der Waals surface area (Å²) in [5.74, 6) is -0.205. The molecule has 0 aromatic heterocycles. The molecule has 0 spiro atoms. The Kier molecular flexibility index (Phi) is 16.4. The van der Waals surface area contributed by atoms with Crippen LogP contribution in [0.3, 0.4) is 0 Å². The SMILES string of the molecule is CCCCCCCCCC=CCCCCCCCCOC(=O)c1ccccc1. The van der Waals surface area contributed by atoms with Crippen LogP contribution in [0.2, 0.25) is 0 Å². The molecule has 0 aliphatic rings. The number of benzene rings is 1. The molecule has 0 amide bonds. The summed E-state index contributed by atoms with van der Waals surface area (Å²) in [7, 11) is 0. The van der Waals surface area contributed by atoms with Crippen LogP contribution in [-0.2, 0) is 4.74 Å². The number of rotatable bonds is 18. The summed E-state index contributed by atoms with van der Waals surface area (Å²) < 4.78 is 5.30. The largest absolute Gasteiger partial charge is 0.462 e. The van der Waals surface area contributed by atoms with Crippen LogP contribution in [0.4, 0.5) is 0 Å². The summed E-state index contributed by atoms with van der Waals surface area (Å²) in [5.41, 5.74) is 0.641. The van der Waals surface area contributed by atoms with Gasteiger partial charge >= 0.3 is 5.97 Å². The Morgan fingerprint density at radius 2 is 1.21 bits per heavy atom. The number of allylic oxidation sites excluding steroid dienone is 2. The molecule has 2 nitrogen and oxygen atoms in total. The van der Waals surface area contributed by atoms with Gasteiger partial charge in [-0.1, -0.05) is 101 Å². The van der Waals surface area contributed by atoms with Gasteiger partial charge in [0.15, 0.2) is 0 Å². The van der Waals surface area contributed by atoms with E-state index in [9.17, 15) is 4.79 Å². The van der Waals surface area contributed by atoms with Gasteiger partial charge in [-0.25, -0.2) is 4.79 Å². The average Bonchev–Trinajstić information content (AvgIpc) is 2.73. The molecule has 0 radical (unpaired) electrons. The molecule has 0 unspecified atom stereocenters. The summed E-state index contributed by atoms with van der Waals surface area (Å²) in [6.45, 7) is 2.81. The number of carbonyl (C=O) groups is 1. The predicted molar refractivity (Wildman–Crippen MR) is 121 cm³/mol. The molecular weight excluding hydrogens is 344 g/mol. The Bertz CT molecular complexity index is 492. The molecule has 0 N–H and O–H groups in total. The molecule has 2 heteroatoms. The van der Waals surface area contributed by atoms with Gasteiger partial charge in [0, 0.05) is 0 Å². The van der Waals surface area contributed by atoms with Crippen LogP contribution >= 0.6 is 0 Å². The van der Waals surface area contributed by atoms with Gasteiger partial charge in [-0.2, -0.15) is 0 Å². The quantitative estimate of drug-likeness (QED) is 0.144. The number of hydrogen-bond donors (Lipinski definition) is 0. The van der Waals surface area contributed by atoms with Crippen LogP contribution in [0, 0.1) is 0 Å². The van der Waals surface area contributed by atoms with E-state index in [0.29, 0.717) is 12.2 Å². The first-order chi connectivity index (χ1) is 13.8. The smallest absolute Gasteiger partial charge is 0.338 e. The summed E-state index contributed by atoms with van der Waals surface area (Å²) in [6, 6.07) is 9.22. The molecule has 1 rings (SSSR count). The third kappa shape index (κ3) is 14.5. The fourth-order valence-corrected chi connectivity index (χ4v) is 3.35. The Hall–Kier alpha value is -1.57. The van der Waals surface area contributed by atoms with E-state index < -0.39 is 0 Å². The average molecular weight is 387 g/mol. The highest BCUT2D eigenvalue weighted by atomic mass is 16.5. The third-order valence-electron chi connectivity index (χ3n) is 5.15. The summed E-state index contributed by atoms with van der Waals surface area (Å²) >= 11 is 0. The zero-order chi connectivity index (χ0) is 20.1. The lowest BCUT2D eigenvalue weighted by Gasteiger charge is -2.04. The first-order valence-corrected chi connectivity index (χ1v) is 11.7. The van der Waals surface area contributed by atoms with E-state index in [0.717, 1.165) is 12.8 Å². The van der Waals surface area contributed by atoms with Gasteiger partial charge < -0.3 is 4.74 Å². The Morgan fingerprint density at radius 1 is 0.714 bits per heavy atom. The molecule has 0 atom stereocenters. The minimum Gasteiger partial charge on any atom is -0.462 e. The minimum atomic E-state index is -0.205. The minimum absolute atomic E-state index is 0.205. The second-order valence-electron chi connectivity index (χ2n) is 7.79. The van der Waals surface area contributed by atoms with Crippen molar-refractivity contribution >= 4 is 5.97 Å². The van der Waals surface area contributed by atoms with Crippen LogP contribution in [0.5, 0.6) is 0 Å². The molecule has 0 saturated heterocycles. The molecule has 1 aromatic rings. The van der Waals surface area contributed by atoms with E-state index in [1.807, 2.05) is 18.2 Å². The molecule has 0 heterocycles. The van der Waals surface area contributed by atoms with Crippen molar-refractivity contribution in [2.45, 2.75) is 103 Å². The first kappa shape index (κ1) is 24.5. The van der Waals surface area contributed by atoms with Crippen LogP contribution in [0.15, 0.2) is 42.5 Å². The normalized spacial score (nSPS) is 11.2. The highest BCUT2D eigenvalue weighted by molar-refractivity contribution is 5.89. The second-order valence-corrected chi connectivity index (χ2v) is 7.79. The van der Waals surface area contributed by atoms with Crippen LogP contribution < -0.4 is 0 Å². The van der Waals surface area contributed by atoms with E-state index in [1.54, 1.807) is 12.1 Å². The van der Waals surface area contributed by atoms with Gasteiger partial charge in [0.25, 0.3) is 0 Å². The van der Waals surface area contributed by atoms with E-state index in [4.69, 9.17) is 4.74 Å². The van der Waals surface area contributed by atoms with Gasteiger partial charge in [0.1, 0.15) is 0 Å². The predicted octanol–water partition coefficient (Wildman–Crippen LogP) is 8.27. The molecule has 0 saturated carbocycles. The van der Waals surface area contributed by atoms with Crippen LogP contribution in [0.1, 0.15) is 114 Å². The lowest BCUT2D eigenvalue weighted by atomic mass is 10.1. The number of esters is 1. The van der Waals surface area contributed by atoms with Crippen molar-refractivity contribution in [2.24, 2.45) is 0 Å². The van der Waals surface area contributed by atoms with Crippen LogP contribution in [0.25, 0.3) is 0 Å². The maximum atomic E-state index is 11.8. The number of unbranched alkanes of at least 4 members (excludes halogenated alkanes) is 13. The zero-order valence-electron chi connectivity index (χ0n) is 18.2. The summed E-state index contributed by atoms with van der Waals surface area (Å²) in [5, 5.41) is 0. The maximum absolute atomic E-state index is 11.8. The molecule has 0 aliphatic carbocycles. The Balaban J connectivity index is 1.79. The van der Waals surface area contributed by atoms with Crippen molar-refractivity contribution < 1.29 is 9.53 Å². The molecule has 28 heavy (non-hydrogen) atoms. The van der Waals surface area contributed by atoms with Crippen molar-refractivity contribution in [2.75, 3.05) is 6.61 Å². The monoisotopic (exact) mass is 386 g/mol. The second kappa shape index (κ2) is 18.8. The zero-order valence-corrected chi connectivity index (χ0v) is 18.2. The van der Waals surface area contributed by atoms with E-state index in [-0.39, 0.29) is 5.97 Å². The maximum Gasteiger partial charge on any atom is 0.338 e. The van der Waals surface area contributed by atoms with Crippen LogP contribution in [-0.4, -0.2) is 12.6 Å². The van der Waals surface area contributed by atoms with Crippen molar-refractivity contribution in [1.82, 2.24) is 0 Å². The lowest BCUT2D eigenvalue weighted by Crippen LogP contribution is -2.06. The Morgan fingerprint density at radius 3 is 1.79 bits per heavy atom. The number of carbonyl (C=O) groups excluding carboxylic acids is 1. The van der Waals surface area contributed by atoms with Gasteiger partial charge in [0.05, 0.1) is 12.2 Å². The molecule has 158 valence electrons. The number of ether oxygens (including phenoxy) is 1. The van der Waals surface area contributed by atoms with Crippen molar-refractivity contribution in [3.8, 4) is 0 Å². The summed E-state index contributed by atoms with van der Waals surface area (Å²) in [4.78, 5) is 11.8. The molecular formula is C26H42O2. The fourth-order valence-electron chi connectivity index (χ4n) is 3.35. The third-order valence-corrected chi connectivity index (χ3v) is 5.15. The highest BCUT2D eigenvalue weighted by Crippen LogP contribution is 2.11. The standard InChI is InChI=1S/C26H42O2/c1-2-3-4-5-6-7-8-9-10-11-12-13-14-15-16-17-21-24-28-26(27)25-22-19-18-20-23-25/h10-11,18-20,22-23H,2-9,12-17,21,24H2,1H3. The molecule has 1 aromatic carbocycles. The van der Waals surface area contributed by atoms with Gasteiger partial charge in [-0.15, -0.1) is 0 Å². The molecule has 0 fully saturated rings. The Labute approximate surface area is 173 Å². The molecule has 0 aliphatic heterocycles. The van der Waals surface area contributed by atoms with Crippen molar-refractivity contribution in [3.63, 3.8) is 0 Å². The lowest BCUT2D eigenvalue weighted by molar-refractivity contribution is 0.0497. The topological polar surface area (TPSA) is 26.3 Å². The highest BCUT2D eigenvalue weighted by Gasteiger charge is 2.04. The fraction of sp³-hybridized carbons (Fsp3) is 0.654. The van der Waals surface area contributed by atoms with Gasteiger partial charge in [-0.3, -0.25) is 0 Å². The van der Waals surface area contributed by atoms with E-state index >= 15 is 0 Å². The van der Waals surface area contributed by atoms with Crippen molar-refractivity contribution in [1.29, 1.82) is 0 Å². The van der Waals surface area contributed by atoms with E-state index in [2.05, 4.69) is 19.1 Å². The van der Waals surface area contributed by atoms with E-state index in [1.165, 1.54) is 83.5 Å². The van der Waals surface area contributed by atoms with Crippen molar-refractivity contribution in [3.05, 3.63) is 48.0 Å². The van der Waals surface area contributed by atoms with Gasteiger partial charge in [0.2, 0.25) is 0 Å². The van der Waals surface area contributed by atoms with Gasteiger partial charge in [-0.05, 0) is 44.2 Å². The summed E-state index contributed by atoms with van der Waals surface area (Å²) in [6.07, 6.45) is 24.3. The molecule has 0 bridgehead atoms. The number of hydrogen-bond acceptors (Lipinski definition) is 2. The first-order valence-electron chi connectivity index (χ1n) is 11.7.